The molecule has 14 heavy (non-hydrogen) atoms. The van der Waals surface area contributed by atoms with Crippen molar-refractivity contribution in [3.8, 4) is 0 Å². The molecule has 4 heteroatoms. The van der Waals surface area contributed by atoms with E-state index >= 15 is 0 Å². The van der Waals surface area contributed by atoms with E-state index in [1.165, 1.54) is 7.11 Å². The normalized spacial score (nSPS) is 10.6. The van der Waals surface area contributed by atoms with Gasteiger partial charge in [0.2, 0.25) is 0 Å². The van der Waals surface area contributed by atoms with Crippen LogP contribution in [0.2, 0.25) is 0 Å². The quantitative estimate of drug-likeness (QED) is 0.721. The Bertz CT molecular complexity index is 307. The Morgan fingerprint density at radius 1 is 1.64 bits per heavy atom. The van der Waals surface area contributed by atoms with E-state index in [4.69, 9.17) is 0 Å². The van der Waals surface area contributed by atoms with E-state index in [1.54, 1.807) is 11.3 Å². The smallest absolute Gasteiger partial charge is 0.305 e. The summed E-state index contributed by atoms with van der Waals surface area (Å²) in [5.41, 5.74) is 0.990. The van der Waals surface area contributed by atoms with Gasteiger partial charge in [-0.1, -0.05) is 13.8 Å². The summed E-state index contributed by atoms with van der Waals surface area (Å²) in [6.45, 7) is 4.23. The first-order valence-corrected chi connectivity index (χ1v) is 5.52. The third-order valence-electron chi connectivity index (χ3n) is 1.88. The van der Waals surface area contributed by atoms with Gasteiger partial charge in [0, 0.05) is 17.7 Å². The fourth-order valence-electron chi connectivity index (χ4n) is 1.03. The highest BCUT2D eigenvalue weighted by Crippen LogP contribution is 2.19. The Morgan fingerprint density at radius 3 is 2.86 bits per heavy atom. The molecule has 0 bridgehead atoms. The molecule has 1 rings (SSSR count). The lowest BCUT2D eigenvalue weighted by molar-refractivity contribution is -0.140. The summed E-state index contributed by atoms with van der Waals surface area (Å²) in [6, 6.07) is 0. The zero-order valence-corrected chi connectivity index (χ0v) is 9.56. The molecular formula is C10H15NO2S. The maximum atomic E-state index is 10.9. The number of rotatable bonds is 4. The topological polar surface area (TPSA) is 39.2 Å². The number of hydrogen-bond acceptors (Lipinski definition) is 4. The number of nitrogens with zero attached hydrogens (tertiary/aromatic N) is 1. The SMILES string of the molecule is COC(=O)CCc1csc(C(C)C)n1. The summed E-state index contributed by atoms with van der Waals surface area (Å²) < 4.78 is 4.56. The third-order valence-corrected chi connectivity index (χ3v) is 3.07. The molecule has 0 aromatic carbocycles. The van der Waals surface area contributed by atoms with Gasteiger partial charge in [-0.15, -0.1) is 11.3 Å². The van der Waals surface area contributed by atoms with Crippen LogP contribution in [-0.4, -0.2) is 18.1 Å². The molecule has 0 spiro atoms. The lowest BCUT2D eigenvalue weighted by Gasteiger charge is -1.97. The van der Waals surface area contributed by atoms with Crippen molar-refractivity contribution in [2.75, 3.05) is 7.11 Å². The van der Waals surface area contributed by atoms with Crippen molar-refractivity contribution in [1.29, 1.82) is 0 Å². The van der Waals surface area contributed by atoms with Crippen molar-refractivity contribution in [2.45, 2.75) is 32.6 Å². The van der Waals surface area contributed by atoms with Crippen molar-refractivity contribution < 1.29 is 9.53 Å². The van der Waals surface area contributed by atoms with Gasteiger partial charge in [-0.05, 0) is 0 Å². The van der Waals surface area contributed by atoms with E-state index < -0.39 is 0 Å². The third kappa shape index (κ3) is 3.10. The summed E-state index contributed by atoms with van der Waals surface area (Å²) in [5, 5.41) is 3.14. The van der Waals surface area contributed by atoms with Crippen molar-refractivity contribution in [1.82, 2.24) is 4.98 Å². The molecule has 1 aromatic heterocycles. The minimum atomic E-state index is -0.177. The van der Waals surface area contributed by atoms with Crippen molar-refractivity contribution in [2.24, 2.45) is 0 Å². The number of aryl methyl sites for hydroxylation is 1. The molecule has 0 radical (unpaired) electrons. The van der Waals surface area contributed by atoms with Crippen LogP contribution in [0.5, 0.6) is 0 Å². The van der Waals surface area contributed by atoms with Crippen LogP contribution in [0.25, 0.3) is 0 Å². The van der Waals surface area contributed by atoms with Crippen LogP contribution in [0, 0.1) is 0 Å². The molecular weight excluding hydrogens is 198 g/mol. The Labute approximate surface area is 88.1 Å². The van der Waals surface area contributed by atoms with E-state index in [2.05, 4.69) is 23.6 Å². The van der Waals surface area contributed by atoms with Gasteiger partial charge in [0.15, 0.2) is 0 Å². The summed E-state index contributed by atoms with van der Waals surface area (Å²) in [4.78, 5) is 15.3. The highest BCUT2D eigenvalue weighted by Gasteiger charge is 2.07. The zero-order valence-electron chi connectivity index (χ0n) is 8.74. The molecule has 0 N–H and O–H groups in total. The van der Waals surface area contributed by atoms with Gasteiger partial charge < -0.3 is 4.74 Å². The van der Waals surface area contributed by atoms with Gasteiger partial charge in [0.1, 0.15) is 0 Å². The number of hydrogen-bond donors (Lipinski definition) is 0. The van der Waals surface area contributed by atoms with Crippen molar-refractivity contribution in [3.05, 3.63) is 16.1 Å². The number of methoxy groups -OCH3 is 1. The second-order valence-electron chi connectivity index (χ2n) is 3.41. The average Bonchev–Trinajstić information content (AvgIpc) is 2.62. The lowest BCUT2D eigenvalue weighted by atomic mass is 10.2. The van der Waals surface area contributed by atoms with Crippen LogP contribution in [0.4, 0.5) is 0 Å². The van der Waals surface area contributed by atoms with Crippen LogP contribution in [0.3, 0.4) is 0 Å². The number of esters is 1. The monoisotopic (exact) mass is 213 g/mol. The van der Waals surface area contributed by atoms with Crippen LogP contribution in [0.15, 0.2) is 5.38 Å². The molecule has 0 aliphatic heterocycles. The molecule has 0 unspecified atom stereocenters. The minimum absolute atomic E-state index is 0.177. The maximum absolute atomic E-state index is 10.9. The summed E-state index contributed by atoms with van der Waals surface area (Å²) >= 11 is 1.65. The Kier molecular flexibility index (Phi) is 4.07. The summed E-state index contributed by atoms with van der Waals surface area (Å²) in [6.07, 6.45) is 1.09. The fourth-order valence-corrected chi connectivity index (χ4v) is 1.90. The Hall–Kier alpha value is -0.900. The molecule has 78 valence electrons. The van der Waals surface area contributed by atoms with E-state index in [0.717, 1.165) is 10.7 Å². The predicted molar refractivity (Wildman–Crippen MR) is 56.5 cm³/mol. The molecule has 0 saturated heterocycles. The molecule has 0 amide bonds. The van der Waals surface area contributed by atoms with E-state index in [9.17, 15) is 4.79 Å². The second kappa shape index (κ2) is 5.10. The van der Waals surface area contributed by atoms with Crippen LogP contribution < -0.4 is 0 Å². The molecule has 0 saturated carbocycles. The van der Waals surface area contributed by atoms with Gasteiger partial charge in [-0.25, -0.2) is 4.98 Å². The van der Waals surface area contributed by atoms with Gasteiger partial charge in [0.25, 0.3) is 0 Å². The van der Waals surface area contributed by atoms with E-state index in [0.29, 0.717) is 18.8 Å². The van der Waals surface area contributed by atoms with Gasteiger partial charge >= 0.3 is 5.97 Å². The number of aromatic nitrogens is 1. The predicted octanol–water partition coefficient (Wildman–Crippen LogP) is 2.37. The maximum Gasteiger partial charge on any atom is 0.305 e. The van der Waals surface area contributed by atoms with Gasteiger partial charge in [-0.3, -0.25) is 4.79 Å². The Balaban J connectivity index is 2.48. The van der Waals surface area contributed by atoms with E-state index in [-0.39, 0.29) is 5.97 Å². The Morgan fingerprint density at radius 2 is 2.36 bits per heavy atom. The lowest BCUT2D eigenvalue weighted by Crippen LogP contribution is -2.02. The first-order valence-electron chi connectivity index (χ1n) is 4.64. The highest BCUT2D eigenvalue weighted by atomic mass is 32.1. The first kappa shape index (κ1) is 11.2. The van der Waals surface area contributed by atoms with Gasteiger partial charge in [-0.2, -0.15) is 0 Å². The van der Waals surface area contributed by atoms with Crippen LogP contribution in [0.1, 0.15) is 36.9 Å². The number of ether oxygens (including phenoxy) is 1. The van der Waals surface area contributed by atoms with Crippen molar-refractivity contribution >= 4 is 17.3 Å². The summed E-state index contributed by atoms with van der Waals surface area (Å²) in [5.74, 6) is 0.288. The molecule has 0 aliphatic rings. The summed E-state index contributed by atoms with van der Waals surface area (Å²) in [7, 11) is 1.41. The number of carbonyl (C=O) groups excluding carboxylic acids is 1. The minimum Gasteiger partial charge on any atom is -0.469 e. The fraction of sp³-hybridized carbons (Fsp3) is 0.600. The molecule has 0 fully saturated rings. The van der Waals surface area contributed by atoms with Crippen molar-refractivity contribution in [3.63, 3.8) is 0 Å². The first-order chi connectivity index (χ1) is 6.63. The number of carbonyl (C=O) groups is 1. The molecule has 1 heterocycles. The highest BCUT2D eigenvalue weighted by molar-refractivity contribution is 7.09. The second-order valence-corrected chi connectivity index (χ2v) is 4.30. The molecule has 1 aromatic rings. The standard InChI is InChI=1S/C10H15NO2S/c1-7(2)10-11-8(6-14-10)4-5-9(12)13-3/h6-7H,4-5H2,1-3H3. The molecule has 0 aliphatic carbocycles. The number of thiazole rings is 1. The van der Waals surface area contributed by atoms with E-state index in [1.807, 2.05) is 5.38 Å². The molecule has 0 atom stereocenters. The average molecular weight is 213 g/mol. The van der Waals surface area contributed by atoms with Gasteiger partial charge in [0.05, 0.1) is 24.2 Å². The van der Waals surface area contributed by atoms with Crippen LogP contribution >= 0.6 is 11.3 Å². The molecule has 3 nitrogen and oxygen atoms in total. The van der Waals surface area contributed by atoms with Crippen LogP contribution in [-0.2, 0) is 16.0 Å². The largest absolute Gasteiger partial charge is 0.469 e. The zero-order chi connectivity index (χ0) is 10.6.